The molecule has 0 aromatic carbocycles. The van der Waals surface area contributed by atoms with Gasteiger partial charge in [0.05, 0.1) is 12.2 Å². The lowest BCUT2D eigenvalue weighted by Crippen LogP contribution is -2.52. The van der Waals surface area contributed by atoms with Gasteiger partial charge in [0.25, 0.3) is 0 Å². The molecular formula is C15H30N2O. The molecule has 1 saturated heterocycles. The first-order valence-electron chi connectivity index (χ1n) is 7.66. The number of hydrogen-bond donors (Lipinski definition) is 1. The molecule has 2 rings (SSSR count). The van der Waals surface area contributed by atoms with Crippen LogP contribution in [0.3, 0.4) is 0 Å². The van der Waals surface area contributed by atoms with E-state index in [9.17, 15) is 0 Å². The minimum absolute atomic E-state index is 0.393. The van der Waals surface area contributed by atoms with Crippen molar-refractivity contribution in [3.63, 3.8) is 0 Å². The lowest BCUT2D eigenvalue weighted by Gasteiger charge is -2.44. The van der Waals surface area contributed by atoms with Crippen molar-refractivity contribution in [1.82, 2.24) is 10.2 Å². The summed E-state index contributed by atoms with van der Waals surface area (Å²) in [6, 6.07) is 0. The summed E-state index contributed by atoms with van der Waals surface area (Å²) in [5.74, 6) is 0. The zero-order valence-electron chi connectivity index (χ0n) is 12.4. The Balaban J connectivity index is 1.95. The second-order valence-corrected chi connectivity index (χ2v) is 6.54. The fraction of sp³-hybridized carbons (Fsp3) is 1.00. The molecule has 0 bridgehead atoms. The summed E-state index contributed by atoms with van der Waals surface area (Å²) in [4.78, 5) is 2.64. The minimum atomic E-state index is 0.393. The predicted molar refractivity (Wildman–Crippen MR) is 75.9 cm³/mol. The van der Waals surface area contributed by atoms with Crippen LogP contribution in [-0.4, -0.2) is 50.3 Å². The molecule has 2 aliphatic rings. The van der Waals surface area contributed by atoms with Crippen molar-refractivity contribution in [3.8, 4) is 0 Å². The van der Waals surface area contributed by atoms with Crippen molar-refractivity contribution in [3.05, 3.63) is 0 Å². The second-order valence-electron chi connectivity index (χ2n) is 6.54. The molecule has 1 aliphatic heterocycles. The van der Waals surface area contributed by atoms with Gasteiger partial charge in [-0.25, -0.2) is 0 Å². The lowest BCUT2D eigenvalue weighted by atomic mass is 9.73. The average molecular weight is 254 g/mol. The standard InChI is InChI=1S/C15H30N2O/c1-13-9-17(10-14(2)18-13)12-15(11-16-3)7-5-4-6-8-15/h13-14,16H,4-12H2,1-3H3. The molecule has 0 radical (unpaired) electrons. The van der Waals surface area contributed by atoms with Crippen molar-refractivity contribution in [2.45, 2.75) is 58.2 Å². The van der Waals surface area contributed by atoms with Gasteiger partial charge in [0.1, 0.15) is 0 Å². The highest BCUT2D eigenvalue weighted by Gasteiger charge is 2.35. The molecule has 0 spiro atoms. The van der Waals surface area contributed by atoms with Gasteiger partial charge >= 0.3 is 0 Å². The van der Waals surface area contributed by atoms with E-state index < -0.39 is 0 Å². The van der Waals surface area contributed by atoms with Gasteiger partial charge in [0.2, 0.25) is 0 Å². The summed E-state index contributed by atoms with van der Waals surface area (Å²) in [6.45, 7) is 9.05. The van der Waals surface area contributed by atoms with Gasteiger partial charge in [-0.15, -0.1) is 0 Å². The fourth-order valence-corrected chi connectivity index (χ4v) is 3.96. The zero-order valence-corrected chi connectivity index (χ0v) is 12.4. The summed E-state index contributed by atoms with van der Waals surface area (Å²) in [5, 5.41) is 3.43. The molecule has 18 heavy (non-hydrogen) atoms. The van der Waals surface area contributed by atoms with Crippen LogP contribution in [0.25, 0.3) is 0 Å². The van der Waals surface area contributed by atoms with Gasteiger partial charge < -0.3 is 10.1 Å². The van der Waals surface area contributed by atoms with E-state index in [0.717, 1.165) is 13.1 Å². The molecule has 0 aromatic rings. The van der Waals surface area contributed by atoms with Crippen LogP contribution in [-0.2, 0) is 4.74 Å². The Bertz CT molecular complexity index is 235. The van der Waals surface area contributed by atoms with Crippen molar-refractivity contribution in [2.75, 3.05) is 33.2 Å². The Kier molecular flexibility index (Phi) is 5.05. The Hall–Kier alpha value is -0.120. The van der Waals surface area contributed by atoms with Crippen molar-refractivity contribution in [1.29, 1.82) is 0 Å². The van der Waals surface area contributed by atoms with Crippen LogP contribution >= 0.6 is 0 Å². The van der Waals surface area contributed by atoms with Gasteiger partial charge in [-0.1, -0.05) is 19.3 Å². The number of nitrogens with one attached hydrogen (secondary N) is 1. The fourth-order valence-electron chi connectivity index (χ4n) is 3.96. The van der Waals surface area contributed by atoms with E-state index in [-0.39, 0.29) is 0 Å². The van der Waals surface area contributed by atoms with Crippen LogP contribution in [0.4, 0.5) is 0 Å². The molecule has 106 valence electrons. The lowest BCUT2D eigenvalue weighted by molar-refractivity contribution is -0.0802. The summed E-state index contributed by atoms with van der Waals surface area (Å²) in [7, 11) is 2.10. The summed E-state index contributed by atoms with van der Waals surface area (Å²) >= 11 is 0. The normalized spacial score (nSPS) is 33.5. The first-order chi connectivity index (χ1) is 8.63. The minimum Gasteiger partial charge on any atom is -0.373 e. The highest BCUT2D eigenvalue weighted by atomic mass is 16.5. The third kappa shape index (κ3) is 3.69. The second kappa shape index (κ2) is 6.36. The molecule has 1 N–H and O–H groups in total. The monoisotopic (exact) mass is 254 g/mol. The number of ether oxygens (including phenoxy) is 1. The van der Waals surface area contributed by atoms with Crippen LogP contribution in [0.5, 0.6) is 0 Å². The Morgan fingerprint density at radius 1 is 1.11 bits per heavy atom. The maximum atomic E-state index is 5.84. The van der Waals surface area contributed by atoms with E-state index >= 15 is 0 Å². The number of morpholine rings is 1. The molecule has 3 nitrogen and oxygen atoms in total. The van der Waals surface area contributed by atoms with Crippen LogP contribution < -0.4 is 5.32 Å². The maximum absolute atomic E-state index is 5.84. The largest absolute Gasteiger partial charge is 0.373 e. The van der Waals surface area contributed by atoms with Gasteiger partial charge in [0, 0.05) is 26.2 Å². The van der Waals surface area contributed by atoms with E-state index in [0.29, 0.717) is 17.6 Å². The number of nitrogens with zero attached hydrogens (tertiary/aromatic N) is 1. The van der Waals surface area contributed by atoms with E-state index in [1.165, 1.54) is 45.2 Å². The molecule has 3 heteroatoms. The van der Waals surface area contributed by atoms with E-state index in [1.807, 2.05) is 0 Å². The van der Waals surface area contributed by atoms with Gasteiger partial charge in [0.15, 0.2) is 0 Å². The molecular weight excluding hydrogens is 224 g/mol. The Morgan fingerprint density at radius 2 is 1.72 bits per heavy atom. The molecule has 1 saturated carbocycles. The van der Waals surface area contributed by atoms with Gasteiger partial charge in [-0.3, -0.25) is 4.90 Å². The highest BCUT2D eigenvalue weighted by Crippen LogP contribution is 2.37. The van der Waals surface area contributed by atoms with Crippen LogP contribution in [0, 0.1) is 5.41 Å². The number of rotatable bonds is 4. The van der Waals surface area contributed by atoms with Crippen molar-refractivity contribution in [2.24, 2.45) is 5.41 Å². The zero-order chi connectivity index (χ0) is 13.0. The number of hydrogen-bond acceptors (Lipinski definition) is 3. The Morgan fingerprint density at radius 3 is 2.28 bits per heavy atom. The topological polar surface area (TPSA) is 24.5 Å². The summed E-state index contributed by atoms with van der Waals surface area (Å²) in [5.41, 5.74) is 0.518. The van der Waals surface area contributed by atoms with Gasteiger partial charge in [-0.2, -0.15) is 0 Å². The highest BCUT2D eigenvalue weighted by molar-refractivity contribution is 4.89. The third-order valence-electron chi connectivity index (χ3n) is 4.52. The van der Waals surface area contributed by atoms with Crippen LogP contribution in [0.1, 0.15) is 46.0 Å². The smallest absolute Gasteiger partial charge is 0.0678 e. The maximum Gasteiger partial charge on any atom is 0.0678 e. The van der Waals surface area contributed by atoms with E-state index in [2.05, 4.69) is 31.1 Å². The molecule has 2 fully saturated rings. The summed E-state index contributed by atoms with van der Waals surface area (Å²) in [6.07, 6.45) is 7.84. The van der Waals surface area contributed by atoms with Crippen molar-refractivity contribution < 1.29 is 4.74 Å². The molecule has 1 heterocycles. The molecule has 2 unspecified atom stereocenters. The quantitative estimate of drug-likeness (QED) is 0.833. The molecule has 0 aromatic heterocycles. The SMILES string of the molecule is CNCC1(CN2CC(C)OC(C)C2)CCCCC1. The molecule has 2 atom stereocenters. The molecule has 1 aliphatic carbocycles. The van der Waals surface area contributed by atoms with Crippen LogP contribution in [0.2, 0.25) is 0 Å². The first kappa shape index (κ1) is 14.3. The Labute approximate surface area is 112 Å². The van der Waals surface area contributed by atoms with Gasteiger partial charge in [-0.05, 0) is 39.2 Å². The summed E-state index contributed by atoms with van der Waals surface area (Å²) < 4.78 is 5.84. The van der Waals surface area contributed by atoms with Crippen molar-refractivity contribution >= 4 is 0 Å². The predicted octanol–water partition coefficient (Wildman–Crippen LogP) is 2.27. The average Bonchev–Trinajstić information content (AvgIpc) is 2.28. The molecule has 0 amide bonds. The first-order valence-corrected chi connectivity index (χ1v) is 7.66. The van der Waals surface area contributed by atoms with E-state index in [4.69, 9.17) is 4.74 Å². The van der Waals surface area contributed by atoms with E-state index in [1.54, 1.807) is 0 Å². The van der Waals surface area contributed by atoms with Crippen LogP contribution in [0.15, 0.2) is 0 Å². The third-order valence-corrected chi connectivity index (χ3v) is 4.52.